The Morgan fingerprint density at radius 3 is 2.50 bits per heavy atom. The minimum absolute atomic E-state index is 0.248. The van der Waals surface area contributed by atoms with Gasteiger partial charge >= 0.3 is 0 Å². The van der Waals surface area contributed by atoms with Crippen molar-refractivity contribution in [2.24, 2.45) is 0 Å². The van der Waals surface area contributed by atoms with E-state index in [-0.39, 0.29) is 5.56 Å². The van der Waals surface area contributed by atoms with Gasteiger partial charge in [-0.15, -0.1) is 0 Å². The lowest BCUT2D eigenvalue weighted by Crippen LogP contribution is -2.19. The van der Waals surface area contributed by atoms with Crippen molar-refractivity contribution >= 4 is 56.4 Å². The van der Waals surface area contributed by atoms with Gasteiger partial charge in [-0.1, -0.05) is 51.8 Å². The number of hydrogen-bond donors (Lipinski definition) is 3. The maximum atomic E-state index is 12.2. The Labute approximate surface area is 151 Å². The maximum absolute atomic E-state index is 12.2. The first-order valence-electron chi connectivity index (χ1n) is 7.11. The Morgan fingerprint density at radius 1 is 1.12 bits per heavy atom. The molecule has 1 aromatic heterocycles. The summed E-state index contributed by atoms with van der Waals surface area (Å²) in [6.07, 6.45) is 1.49. The fourth-order valence-electron chi connectivity index (χ4n) is 2.46. The van der Waals surface area contributed by atoms with E-state index in [1.165, 1.54) is 0 Å². The van der Waals surface area contributed by atoms with Crippen LogP contribution < -0.4 is 0 Å². The van der Waals surface area contributed by atoms with Crippen LogP contribution >= 0.6 is 27.5 Å². The summed E-state index contributed by atoms with van der Waals surface area (Å²) < 4.78 is 0.855. The molecule has 0 saturated carbocycles. The lowest BCUT2D eigenvalue weighted by molar-refractivity contribution is -0.0194. The molecule has 0 aliphatic heterocycles. The molecular weight excluding hydrogens is 394 g/mol. The van der Waals surface area contributed by atoms with E-state index in [0.29, 0.717) is 16.1 Å². The fourth-order valence-corrected chi connectivity index (χ4v) is 2.95. The summed E-state index contributed by atoms with van der Waals surface area (Å²) in [6.45, 7) is 0. The molecule has 0 fully saturated rings. The first-order valence-corrected chi connectivity index (χ1v) is 8.28. The van der Waals surface area contributed by atoms with Gasteiger partial charge in [-0.2, -0.15) is 0 Å². The van der Waals surface area contributed by atoms with Crippen LogP contribution in [0.5, 0.6) is 0 Å². The highest BCUT2D eigenvalue weighted by Gasteiger charge is 2.22. The van der Waals surface area contributed by atoms with Crippen molar-refractivity contribution in [3.8, 4) is 0 Å². The second-order valence-corrected chi connectivity index (χ2v) is 6.58. The zero-order valence-corrected chi connectivity index (χ0v) is 14.7. The Balaban J connectivity index is 2.10. The van der Waals surface area contributed by atoms with E-state index < -0.39 is 12.1 Å². The number of hydrogen-bond acceptors (Lipinski definition) is 3. The molecule has 0 saturated heterocycles. The van der Waals surface area contributed by atoms with Crippen LogP contribution in [0.3, 0.4) is 0 Å². The van der Waals surface area contributed by atoms with Crippen molar-refractivity contribution in [1.29, 1.82) is 0 Å². The lowest BCUT2D eigenvalue weighted by Gasteiger charge is -2.03. The van der Waals surface area contributed by atoms with Gasteiger partial charge in [0.1, 0.15) is 0 Å². The first kappa shape index (κ1) is 16.9. The molecule has 3 N–H and O–H groups in total. The number of aromatic amines is 1. The van der Waals surface area contributed by atoms with Crippen molar-refractivity contribution in [3.63, 3.8) is 0 Å². The van der Waals surface area contributed by atoms with E-state index in [1.54, 1.807) is 30.3 Å². The number of carbonyl (C=O) groups is 1. The summed E-state index contributed by atoms with van der Waals surface area (Å²) in [5.74, 6) is -0.751. The standard InChI is InChI=1S/C18H13BrClNO3/c19-11-4-7-13-15(9-11)21-14(16(13)17(22)18(23)24)8-3-10-1-5-12(20)6-2-10/h1-9,18,21,23-24H/b8-3+. The number of H-pyrrole nitrogens is 1. The van der Waals surface area contributed by atoms with Crippen LogP contribution in [0.25, 0.3) is 23.1 Å². The van der Waals surface area contributed by atoms with E-state index in [1.807, 2.05) is 24.3 Å². The molecule has 4 nitrogen and oxygen atoms in total. The molecule has 122 valence electrons. The molecule has 24 heavy (non-hydrogen) atoms. The molecule has 0 radical (unpaired) electrons. The topological polar surface area (TPSA) is 73.3 Å². The van der Waals surface area contributed by atoms with Gasteiger partial charge in [0.2, 0.25) is 12.1 Å². The number of aromatic nitrogens is 1. The summed E-state index contributed by atoms with van der Waals surface area (Å²) in [5, 5.41) is 19.9. The van der Waals surface area contributed by atoms with Gasteiger partial charge in [0.25, 0.3) is 0 Å². The normalized spacial score (nSPS) is 11.7. The third-order valence-corrected chi connectivity index (χ3v) is 4.33. The summed E-state index contributed by atoms with van der Waals surface area (Å²) in [7, 11) is 0. The molecule has 0 spiro atoms. The minimum Gasteiger partial charge on any atom is -0.362 e. The number of halogens is 2. The zero-order chi connectivity index (χ0) is 17.3. The molecule has 0 aliphatic carbocycles. The largest absolute Gasteiger partial charge is 0.362 e. The predicted molar refractivity (Wildman–Crippen MR) is 98.9 cm³/mol. The van der Waals surface area contributed by atoms with E-state index in [0.717, 1.165) is 15.6 Å². The Bertz CT molecular complexity index is 929. The number of aliphatic hydroxyl groups is 2. The van der Waals surface area contributed by atoms with Gasteiger partial charge in [-0.05, 0) is 35.9 Å². The third-order valence-electron chi connectivity index (χ3n) is 3.58. The second-order valence-electron chi connectivity index (χ2n) is 5.23. The van der Waals surface area contributed by atoms with Gasteiger partial charge in [-0.25, -0.2) is 0 Å². The molecular formula is C18H13BrClNO3. The van der Waals surface area contributed by atoms with Crippen molar-refractivity contribution < 1.29 is 15.0 Å². The highest BCUT2D eigenvalue weighted by molar-refractivity contribution is 9.10. The van der Waals surface area contributed by atoms with Crippen molar-refractivity contribution in [3.05, 3.63) is 68.8 Å². The Hall–Kier alpha value is -1.92. The number of aliphatic hydroxyl groups excluding tert-OH is 1. The number of ketones is 1. The van der Waals surface area contributed by atoms with Crippen LogP contribution in [-0.4, -0.2) is 27.3 Å². The van der Waals surface area contributed by atoms with Gasteiger partial charge in [0.05, 0.1) is 11.3 Å². The summed E-state index contributed by atoms with van der Waals surface area (Å²) in [4.78, 5) is 15.3. The molecule has 6 heteroatoms. The molecule has 0 bridgehead atoms. The average Bonchev–Trinajstić information content (AvgIpc) is 2.90. The number of rotatable bonds is 4. The number of benzene rings is 2. The van der Waals surface area contributed by atoms with Gasteiger partial charge in [0.15, 0.2) is 0 Å². The van der Waals surface area contributed by atoms with Crippen LogP contribution in [0.2, 0.25) is 5.02 Å². The van der Waals surface area contributed by atoms with Gasteiger partial charge < -0.3 is 15.2 Å². The number of Topliss-reactive ketones (excluding diaryl/α,β-unsaturated/α-hetero) is 1. The molecule has 0 amide bonds. The monoisotopic (exact) mass is 405 g/mol. The van der Waals surface area contributed by atoms with Crippen LogP contribution in [0, 0.1) is 0 Å². The van der Waals surface area contributed by atoms with E-state index in [4.69, 9.17) is 11.6 Å². The van der Waals surface area contributed by atoms with Crippen LogP contribution in [0.15, 0.2) is 46.9 Å². The minimum atomic E-state index is -2.06. The molecule has 2 aromatic carbocycles. The first-order chi connectivity index (χ1) is 11.5. The van der Waals surface area contributed by atoms with E-state index in [2.05, 4.69) is 20.9 Å². The van der Waals surface area contributed by atoms with E-state index in [9.17, 15) is 15.0 Å². The van der Waals surface area contributed by atoms with Crippen LogP contribution in [0.4, 0.5) is 0 Å². The molecule has 1 heterocycles. The molecule has 3 rings (SSSR count). The summed E-state index contributed by atoms with van der Waals surface area (Å²) in [6, 6.07) is 12.6. The van der Waals surface area contributed by atoms with Crippen LogP contribution in [0.1, 0.15) is 21.6 Å². The maximum Gasteiger partial charge on any atom is 0.221 e. The average molecular weight is 407 g/mol. The molecule has 0 aliphatic rings. The quantitative estimate of drug-likeness (QED) is 0.448. The Morgan fingerprint density at radius 2 is 1.83 bits per heavy atom. The van der Waals surface area contributed by atoms with Gasteiger partial charge in [0, 0.05) is 20.4 Å². The molecule has 3 aromatic rings. The summed E-state index contributed by atoms with van der Waals surface area (Å²) >= 11 is 9.24. The number of carbonyl (C=O) groups excluding carboxylic acids is 1. The van der Waals surface area contributed by atoms with E-state index >= 15 is 0 Å². The van der Waals surface area contributed by atoms with Crippen molar-refractivity contribution in [1.82, 2.24) is 4.98 Å². The highest BCUT2D eigenvalue weighted by atomic mass is 79.9. The van der Waals surface area contributed by atoms with Crippen LogP contribution in [-0.2, 0) is 0 Å². The molecule has 0 atom stereocenters. The zero-order valence-electron chi connectivity index (χ0n) is 12.3. The SMILES string of the molecule is O=C(c1c(/C=C/c2ccc(Cl)cc2)[nH]c2cc(Br)ccc12)C(O)O. The fraction of sp³-hybridized carbons (Fsp3) is 0.0556. The Kier molecular flexibility index (Phi) is 4.87. The third kappa shape index (κ3) is 3.44. The van der Waals surface area contributed by atoms with Gasteiger partial charge in [-0.3, -0.25) is 4.79 Å². The number of nitrogens with one attached hydrogen (secondary N) is 1. The smallest absolute Gasteiger partial charge is 0.221 e. The second kappa shape index (κ2) is 6.91. The van der Waals surface area contributed by atoms with Crippen molar-refractivity contribution in [2.45, 2.75) is 6.29 Å². The summed E-state index contributed by atoms with van der Waals surface area (Å²) in [5.41, 5.74) is 2.39. The highest BCUT2D eigenvalue weighted by Crippen LogP contribution is 2.28. The predicted octanol–water partition coefficient (Wildman–Crippen LogP) is 4.25. The lowest BCUT2D eigenvalue weighted by atomic mass is 10.0. The number of fused-ring (bicyclic) bond motifs is 1. The molecule has 0 unspecified atom stereocenters. The van der Waals surface area contributed by atoms with Crippen molar-refractivity contribution in [2.75, 3.05) is 0 Å².